The van der Waals surface area contributed by atoms with E-state index >= 15 is 0 Å². The lowest BCUT2D eigenvalue weighted by Gasteiger charge is -2.34. The van der Waals surface area contributed by atoms with Gasteiger partial charge in [-0.25, -0.2) is 0 Å². The zero-order valence-electron chi connectivity index (χ0n) is 8.14. The minimum Gasteiger partial charge on any atom is -0.458 e. The number of hydrogen-bond acceptors (Lipinski definition) is 2. The summed E-state index contributed by atoms with van der Waals surface area (Å²) in [5.74, 6) is -0.0240. The van der Waals surface area contributed by atoms with Crippen LogP contribution in [0.1, 0.15) is 39.0 Å². The molecule has 2 fully saturated rings. The van der Waals surface area contributed by atoms with Crippen molar-refractivity contribution in [2.75, 3.05) is 0 Å². The first-order chi connectivity index (χ1) is 6.12. The molecular weight excluding hydrogens is 164 g/mol. The highest BCUT2D eigenvalue weighted by molar-refractivity contribution is 5.74. The van der Waals surface area contributed by atoms with Crippen LogP contribution in [0.2, 0.25) is 0 Å². The van der Waals surface area contributed by atoms with E-state index in [1.807, 2.05) is 6.08 Å². The van der Waals surface area contributed by atoms with Crippen molar-refractivity contribution in [3.63, 3.8) is 0 Å². The fourth-order valence-electron chi connectivity index (χ4n) is 2.91. The molecule has 2 heteroatoms. The van der Waals surface area contributed by atoms with E-state index in [9.17, 15) is 4.79 Å². The van der Waals surface area contributed by atoms with Gasteiger partial charge in [0.05, 0.1) is 6.42 Å². The molecule has 0 radical (unpaired) electrons. The van der Waals surface area contributed by atoms with Gasteiger partial charge in [0.25, 0.3) is 0 Å². The topological polar surface area (TPSA) is 26.3 Å². The predicted molar refractivity (Wildman–Crippen MR) is 50.2 cm³/mol. The molecule has 0 unspecified atom stereocenters. The minimum absolute atomic E-state index is 0.0240. The summed E-state index contributed by atoms with van der Waals surface area (Å²) in [4.78, 5) is 11.3. The lowest BCUT2D eigenvalue weighted by Crippen LogP contribution is -2.37. The molecule has 1 aliphatic heterocycles. The van der Waals surface area contributed by atoms with Crippen LogP contribution in [0.15, 0.2) is 12.7 Å². The molecule has 0 bridgehead atoms. The predicted octanol–water partition coefficient (Wildman–Crippen LogP) is 2.44. The first-order valence-electron chi connectivity index (χ1n) is 4.95. The van der Waals surface area contributed by atoms with Crippen molar-refractivity contribution in [2.45, 2.75) is 44.6 Å². The summed E-state index contributed by atoms with van der Waals surface area (Å²) < 4.78 is 5.51. The summed E-state index contributed by atoms with van der Waals surface area (Å²) in [6.07, 6.45) is 6.60. The van der Waals surface area contributed by atoms with E-state index in [0.717, 1.165) is 19.3 Å². The molecule has 0 aromatic rings. The third-order valence-electron chi connectivity index (χ3n) is 3.73. The lowest BCUT2D eigenvalue weighted by molar-refractivity contribution is -0.149. The van der Waals surface area contributed by atoms with Gasteiger partial charge in [-0.3, -0.25) is 4.79 Å². The number of fused-ring (bicyclic) bond motifs is 1. The number of rotatable bonds is 2. The Balaban J connectivity index is 2.32. The third kappa shape index (κ3) is 1.04. The Hall–Kier alpha value is -0.790. The Morgan fingerprint density at radius 2 is 2.38 bits per heavy atom. The molecule has 0 spiro atoms. The Morgan fingerprint density at radius 1 is 1.62 bits per heavy atom. The van der Waals surface area contributed by atoms with Gasteiger partial charge in [0.1, 0.15) is 5.60 Å². The molecule has 1 heterocycles. The molecule has 1 saturated heterocycles. The van der Waals surface area contributed by atoms with Crippen molar-refractivity contribution in [1.29, 1.82) is 0 Å². The summed E-state index contributed by atoms with van der Waals surface area (Å²) in [5.41, 5.74) is -0.121. The van der Waals surface area contributed by atoms with E-state index in [0.29, 0.717) is 6.42 Å². The highest BCUT2D eigenvalue weighted by atomic mass is 16.6. The maximum absolute atomic E-state index is 11.3. The Bertz CT molecular complexity index is 259. The van der Waals surface area contributed by atoms with Crippen molar-refractivity contribution in [1.82, 2.24) is 0 Å². The van der Waals surface area contributed by atoms with Gasteiger partial charge in [-0.1, -0.05) is 13.0 Å². The first-order valence-corrected chi connectivity index (χ1v) is 4.95. The molecule has 0 aromatic carbocycles. The summed E-state index contributed by atoms with van der Waals surface area (Å²) in [5, 5.41) is 0. The number of hydrogen-bond donors (Lipinski definition) is 0. The lowest BCUT2D eigenvalue weighted by atomic mass is 9.74. The van der Waals surface area contributed by atoms with Crippen LogP contribution in [0.3, 0.4) is 0 Å². The second kappa shape index (κ2) is 2.60. The molecule has 2 nitrogen and oxygen atoms in total. The number of carbonyl (C=O) groups is 1. The minimum atomic E-state index is -0.203. The van der Waals surface area contributed by atoms with Crippen LogP contribution in [0.4, 0.5) is 0 Å². The van der Waals surface area contributed by atoms with E-state index in [1.165, 1.54) is 6.42 Å². The van der Waals surface area contributed by atoms with Gasteiger partial charge in [0.15, 0.2) is 0 Å². The monoisotopic (exact) mass is 180 g/mol. The maximum atomic E-state index is 11.3. The highest BCUT2D eigenvalue weighted by Gasteiger charge is 2.59. The molecule has 0 aromatic heterocycles. The Labute approximate surface area is 79.0 Å². The number of carbonyl (C=O) groups excluding carboxylic acids is 1. The molecule has 0 N–H and O–H groups in total. The van der Waals surface area contributed by atoms with Gasteiger partial charge in [0, 0.05) is 11.8 Å². The van der Waals surface area contributed by atoms with Crippen molar-refractivity contribution in [3.8, 4) is 0 Å². The van der Waals surface area contributed by atoms with Crippen LogP contribution < -0.4 is 0 Å². The van der Waals surface area contributed by atoms with Gasteiger partial charge in [0.2, 0.25) is 0 Å². The van der Waals surface area contributed by atoms with Crippen LogP contribution in [-0.4, -0.2) is 11.6 Å². The van der Waals surface area contributed by atoms with Crippen LogP contribution >= 0.6 is 0 Å². The Kier molecular flexibility index (Phi) is 1.76. The summed E-state index contributed by atoms with van der Waals surface area (Å²) in [7, 11) is 0. The van der Waals surface area contributed by atoms with Gasteiger partial charge in [-0.05, 0) is 19.3 Å². The van der Waals surface area contributed by atoms with Crippen LogP contribution in [0.5, 0.6) is 0 Å². The molecule has 1 saturated carbocycles. The molecule has 2 atom stereocenters. The summed E-state index contributed by atoms with van der Waals surface area (Å²) >= 11 is 0. The Morgan fingerprint density at radius 3 is 3.08 bits per heavy atom. The largest absolute Gasteiger partial charge is 0.458 e. The second-order valence-corrected chi connectivity index (χ2v) is 4.55. The molecule has 2 aliphatic rings. The van der Waals surface area contributed by atoms with Crippen molar-refractivity contribution in [2.24, 2.45) is 5.41 Å². The molecule has 1 aliphatic carbocycles. The van der Waals surface area contributed by atoms with E-state index in [4.69, 9.17) is 4.74 Å². The van der Waals surface area contributed by atoms with Crippen molar-refractivity contribution >= 4 is 5.97 Å². The van der Waals surface area contributed by atoms with Gasteiger partial charge < -0.3 is 4.74 Å². The first kappa shape index (κ1) is 8.79. The van der Waals surface area contributed by atoms with Gasteiger partial charge in [-0.15, -0.1) is 6.58 Å². The highest BCUT2D eigenvalue weighted by Crippen LogP contribution is 2.57. The fraction of sp³-hybridized carbons (Fsp3) is 0.727. The van der Waals surface area contributed by atoms with Gasteiger partial charge >= 0.3 is 5.97 Å². The quantitative estimate of drug-likeness (QED) is 0.482. The average Bonchev–Trinajstić information content (AvgIpc) is 2.38. The standard InChI is InChI=1S/C11H16O2/c1-3-5-11-7-4-6-10(11,2)8-9(12)13-11/h3H,1,4-8H2,2H3/t10-,11-/m0/s1. The fourth-order valence-corrected chi connectivity index (χ4v) is 2.91. The number of ether oxygens (including phenoxy) is 1. The van der Waals surface area contributed by atoms with E-state index in [2.05, 4.69) is 13.5 Å². The normalized spacial score (nSPS) is 43.0. The third-order valence-corrected chi connectivity index (χ3v) is 3.73. The molecular formula is C11H16O2. The smallest absolute Gasteiger partial charge is 0.307 e. The van der Waals surface area contributed by atoms with Crippen LogP contribution in [-0.2, 0) is 9.53 Å². The van der Waals surface area contributed by atoms with E-state index < -0.39 is 0 Å². The van der Waals surface area contributed by atoms with Crippen molar-refractivity contribution in [3.05, 3.63) is 12.7 Å². The van der Waals surface area contributed by atoms with Crippen LogP contribution in [0.25, 0.3) is 0 Å². The van der Waals surface area contributed by atoms with E-state index in [1.54, 1.807) is 0 Å². The SMILES string of the molecule is C=CC[C@]12CCC[C@@]1(C)CC(=O)O2. The average molecular weight is 180 g/mol. The zero-order valence-corrected chi connectivity index (χ0v) is 8.14. The molecule has 72 valence electrons. The molecule has 13 heavy (non-hydrogen) atoms. The van der Waals surface area contributed by atoms with Crippen molar-refractivity contribution < 1.29 is 9.53 Å². The van der Waals surface area contributed by atoms with E-state index in [-0.39, 0.29) is 17.0 Å². The van der Waals surface area contributed by atoms with Gasteiger partial charge in [-0.2, -0.15) is 0 Å². The molecule has 2 rings (SSSR count). The number of esters is 1. The molecule has 0 amide bonds. The second-order valence-electron chi connectivity index (χ2n) is 4.55. The maximum Gasteiger partial charge on any atom is 0.307 e. The zero-order chi connectivity index (χ0) is 9.53. The summed E-state index contributed by atoms with van der Waals surface area (Å²) in [6.45, 7) is 5.92. The summed E-state index contributed by atoms with van der Waals surface area (Å²) in [6, 6.07) is 0. The van der Waals surface area contributed by atoms with Crippen LogP contribution in [0, 0.1) is 5.41 Å².